The number of aromatic nitrogens is 1. The van der Waals surface area contributed by atoms with Crippen LogP contribution in [-0.2, 0) is 16.6 Å². The third-order valence-corrected chi connectivity index (χ3v) is 8.17. The fourth-order valence-corrected chi connectivity index (χ4v) is 5.95. The molecule has 0 aliphatic heterocycles. The van der Waals surface area contributed by atoms with Crippen molar-refractivity contribution in [1.82, 2.24) is 4.57 Å². The first-order valence-electron chi connectivity index (χ1n) is 11.5. The third-order valence-electron chi connectivity index (χ3n) is 6.11. The first kappa shape index (κ1) is 25.7. The largest absolute Gasteiger partial charge is 0.322 e. The number of fused-ring (bicyclic) bond motifs is 1. The van der Waals surface area contributed by atoms with E-state index in [4.69, 9.17) is 0 Å². The van der Waals surface area contributed by atoms with Crippen molar-refractivity contribution in [2.45, 2.75) is 40.3 Å². The number of nitrogens with one attached hydrogen (secondary N) is 1. The zero-order valence-electron chi connectivity index (χ0n) is 20.9. The summed E-state index contributed by atoms with van der Waals surface area (Å²) in [5.41, 5.74) is 5.37. The second kappa shape index (κ2) is 9.91. The Bertz CT molecular complexity index is 1600. The number of anilines is 2. The topological polar surface area (TPSA) is 88.5 Å². The molecule has 7 nitrogen and oxygen atoms in total. The van der Waals surface area contributed by atoms with E-state index in [0.29, 0.717) is 16.9 Å². The van der Waals surface area contributed by atoms with Crippen molar-refractivity contribution in [3.8, 4) is 0 Å². The molecule has 4 aromatic rings. The summed E-state index contributed by atoms with van der Waals surface area (Å²) in [6.45, 7) is 8.01. The van der Waals surface area contributed by atoms with Gasteiger partial charge in [-0.2, -0.15) is 0 Å². The van der Waals surface area contributed by atoms with Crippen LogP contribution in [0.5, 0.6) is 0 Å². The lowest BCUT2D eigenvalue weighted by Gasteiger charge is -2.23. The molecule has 0 aliphatic rings. The highest BCUT2D eigenvalue weighted by Crippen LogP contribution is 2.26. The number of hydrogen-bond acceptors (Lipinski definition) is 5. The highest BCUT2D eigenvalue weighted by Gasteiger charge is 2.19. The molecule has 0 bridgehead atoms. The van der Waals surface area contributed by atoms with E-state index in [9.17, 15) is 18.0 Å². The molecule has 0 saturated heterocycles. The van der Waals surface area contributed by atoms with E-state index < -0.39 is 10.0 Å². The molecule has 0 aliphatic carbocycles. The molecule has 188 valence electrons. The van der Waals surface area contributed by atoms with E-state index in [1.54, 1.807) is 47.0 Å². The zero-order valence-corrected chi connectivity index (χ0v) is 22.5. The van der Waals surface area contributed by atoms with Crippen molar-refractivity contribution in [2.24, 2.45) is 0 Å². The van der Waals surface area contributed by atoms with Gasteiger partial charge in [-0.25, -0.2) is 8.42 Å². The number of amides is 1. The number of rotatable bonds is 7. The van der Waals surface area contributed by atoms with E-state index in [-0.39, 0.29) is 23.4 Å². The molecule has 36 heavy (non-hydrogen) atoms. The molecule has 0 unspecified atom stereocenters. The van der Waals surface area contributed by atoms with Crippen LogP contribution in [0.4, 0.5) is 11.4 Å². The van der Waals surface area contributed by atoms with E-state index >= 15 is 0 Å². The number of aryl methyl sites for hydroxylation is 2. The Labute approximate surface area is 215 Å². The lowest BCUT2D eigenvalue weighted by molar-refractivity contribution is 0.102. The van der Waals surface area contributed by atoms with Crippen LogP contribution in [0.3, 0.4) is 0 Å². The number of carbonyl (C=O) groups excluding carboxylic acids is 1. The van der Waals surface area contributed by atoms with Crippen molar-refractivity contribution in [3.63, 3.8) is 0 Å². The van der Waals surface area contributed by atoms with Crippen LogP contribution in [0.15, 0.2) is 65.5 Å². The molecule has 1 aromatic heterocycles. The molecule has 0 saturated carbocycles. The summed E-state index contributed by atoms with van der Waals surface area (Å²) >= 11 is 1.16. The van der Waals surface area contributed by atoms with Gasteiger partial charge in [-0.15, -0.1) is 0 Å². The number of hydrogen-bond donors (Lipinski definition) is 1. The highest BCUT2D eigenvalue weighted by atomic mass is 32.2. The van der Waals surface area contributed by atoms with Gasteiger partial charge in [-0.1, -0.05) is 29.5 Å². The van der Waals surface area contributed by atoms with Gasteiger partial charge in [0.1, 0.15) is 0 Å². The zero-order chi connectivity index (χ0) is 26.2. The van der Waals surface area contributed by atoms with Gasteiger partial charge in [-0.3, -0.25) is 18.5 Å². The number of carbonyl (C=O) groups is 1. The Balaban J connectivity index is 1.51. The average molecular weight is 524 g/mol. The molecular formula is C27H29N3O4S2. The predicted molar refractivity (Wildman–Crippen MR) is 148 cm³/mol. The van der Waals surface area contributed by atoms with Gasteiger partial charge in [0, 0.05) is 17.3 Å². The van der Waals surface area contributed by atoms with Crippen LogP contribution < -0.4 is 14.5 Å². The quantitative estimate of drug-likeness (QED) is 0.347. The summed E-state index contributed by atoms with van der Waals surface area (Å²) in [5.74, 6) is -0.286. The Morgan fingerprint density at radius 2 is 1.69 bits per heavy atom. The minimum atomic E-state index is -3.51. The van der Waals surface area contributed by atoms with Gasteiger partial charge in [0.2, 0.25) is 10.0 Å². The van der Waals surface area contributed by atoms with Crippen molar-refractivity contribution >= 4 is 48.9 Å². The van der Waals surface area contributed by atoms with Crippen LogP contribution in [0, 0.1) is 13.8 Å². The van der Waals surface area contributed by atoms with Crippen molar-refractivity contribution in [3.05, 3.63) is 92.6 Å². The van der Waals surface area contributed by atoms with Gasteiger partial charge < -0.3 is 5.32 Å². The molecule has 3 aromatic carbocycles. The predicted octanol–water partition coefficient (Wildman–Crippen LogP) is 5.48. The summed E-state index contributed by atoms with van der Waals surface area (Å²) in [6, 6.07) is 17.9. The summed E-state index contributed by atoms with van der Waals surface area (Å²) in [4.78, 5) is 25.1. The smallest absolute Gasteiger partial charge is 0.308 e. The first-order valence-corrected chi connectivity index (χ1v) is 14.2. The molecule has 4 rings (SSSR count). The minimum absolute atomic E-state index is 0.0250. The average Bonchev–Trinajstić information content (AvgIpc) is 3.14. The Kier molecular flexibility index (Phi) is 7.06. The molecule has 0 radical (unpaired) electrons. The van der Waals surface area contributed by atoms with E-state index in [1.807, 2.05) is 45.9 Å². The maximum absolute atomic E-state index is 12.8. The standard InChI is InChI=1S/C27H29N3O4S2/c1-17(2)30-24-13-11-22(15-25(24)35-27(30)32)28-26(31)21-9-7-20(8-10-21)16-29(36(5,33)34)23-12-6-18(3)19(4)14-23/h6-15,17H,16H2,1-5H3,(H,28,31). The first-order chi connectivity index (χ1) is 16.9. The molecule has 1 N–H and O–H groups in total. The maximum Gasteiger partial charge on any atom is 0.308 e. The molecule has 0 atom stereocenters. The van der Waals surface area contributed by atoms with Gasteiger partial charge in [0.15, 0.2) is 0 Å². The number of benzene rings is 3. The van der Waals surface area contributed by atoms with Crippen molar-refractivity contribution < 1.29 is 13.2 Å². The minimum Gasteiger partial charge on any atom is -0.322 e. The van der Waals surface area contributed by atoms with Crippen LogP contribution in [-0.4, -0.2) is 25.1 Å². The molecule has 0 spiro atoms. The van der Waals surface area contributed by atoms with E-state index in [1.165, 1.54) is 10.6 Å². The van der Waals surface area contributed by atoms with Gasteiger partial charge in [0.25, 0.3) is 5.91 Å². The van der Waals surface area contributed by atoms with Crippen LogP contribution >= 0.6 is 11.3 Å². The summed E-state index contributed by atoms with van der Waals surface area (Å²) in [7, 11) is -3.51. The second-order valence-corrected chi connectivity index (χ2v) is 12.1. The lowest BCUT2D eigenvalue weighted by atomic mass is 10.1. The molecule has 0 fully saturated rings. The number of thiazole rings is 1. The van der Waals surface area contributed by atoms with Crippen LogP contribution in [0.2, 0.25) is 0 Å². The molecular weight excluding hydrogens is 494 g/mol. The summed E-state index contributed by atoms with van der Waals surface area (Å²) in [5, 5.41) is 2.88. The van der Waals surface area contributed by atoms with E-state index in [2.05, 4.69) is 5.32 Å². The summed E-state index contributed by atoms with van der Waals surface area (Å²) in [6.07, 6.45) is 1.19. The normalized spacial score (nSPS) is 11.7. The van der Waals surface area contributed by atoms with Crippen LogP contribution in [0.25, 0.3) is 10.2 Å². The molecule has 9 heteroatoms. The highest BCUT2D eigenvalue weighted by molar-refractivity contribution is 7.92. The Hall–Kier alpha value is -3.43. The van der Waals surface area contributed by atoms with Gasteiger partial charge in [-0.05, 0) is 86.8 Å². The Morgan fingerprint density at radius 3 is 2.31 bits per heavy atom. The van der Waals surface area contributed by atoms with Gasteiger partial charge >= 0.3 is 4.87 Å². The van der Waals surface area contributed by atoms with Crippen molar-refractivity contribution in [1.29, 1.82) is 0 Å². The lowest BCUT2D eigenvalue weighted by Crippen LogP contribution is -2.29. The molecule has 1 heterocycles. The maximum atomic E-state index is 12.8. The number of sulfonamides is 1. The number of nitrogens with zero attached hydrogens (tertiary/aromatic N) is 2. The molecule has 1 amide bonds. The van der Waals surface area contributed by atoms with Gasteiger partial charge in [0.05, 0.1) is 28.7 Å². The van der Waals surface area contributed by atoms with E-state index in [0.717, 1.165) is 38.2 Å². The van der Waals surface area contributed by atoms with Crippen molar-refractivity contribution in [2.75, 3.05) is 15.9 Å². The Morgan fingerprint density at radius 1 is 1.00 bits per heavy atom. The SMILES string of the molecule is Cc1ccc(N(Cc2ccc(C(=O)Nc3ccc4c(c3)sc(=O)n4C(C)C)cc2)S(C)(=O)=O)cc1C. The fraction of sp³-hybridized carbons (Fsp3) is 0.259. The summed E-state index contributed by atoms with van der Waals surface area (Å²) < 4.78 is 28.9. The van der Waals surface area contributed by atoms with Crippen LogP contribution in [0.1, 0.15) is 46.9 Å². The monoisotopic (exact) mass is 523 g/mol. The second-order valence-electron chi connectivity index (χ2n) is 9.20. The third kappa shape index (κ3) is 5.37. The fourth-order valence-electron chi connectivity index (χ4n) is 4.01.